The number of ketones is 2. The summed E-state index contributed by atoms with van der Waals surface area (Å²) in [6, 6.07) is 6.61. The average molecular weight is 463 g/mol. The number of benzene rings is 1. The van der Waals surface area contributed by atoms with E-state index in [1.165, 1.54) is 18.4 Å². The van der Waals surface area contributed by atoms with Gasteiger partial charge in [-0.25, -0.2) is 4.98 Å². The summed E-state index contributed by atoms with van der Waals surface area (Å²) in [7, 11) is 1.52. The molecule has 2 saturated heterocycles. The number of methoxy groups -OCH3 is 1. The lowest BCUT2D eigenvalue weighted by atomic mass is 10.1. The van der Waals surface area contributed by atoms with Gasteiger partial charge in [-0.1, -0.05) is 22.9 Å². The van der Waals surface area contributed by atoms with Crippen molar-refractivity contribution in [2.24, 2.45) is 0 Å². The topological polar surface area (TPSA) is 88.4 Å². The highest BCUT2D eigenvalue weighted by Crippen LogP contribution is 2.39. The second kappa shape index (κ2) is 7.47. The van der Waals surface area contributed by atoms with Crippen molar-refractivity contribution < 1.29 is 28.5 Å². The molecule has 0 amide bonds. The molecule has 0 spiro atoms. The molecule has 31 heavy (non-hydrogen) atoms. The van der Waals surface area contributed by atoms with Gasteiger partial charge in [0.25, 0.3) is 0 Å². The Hall–Kier alpha value is -2.14. The van der Waals surface area contributed by atoms with Crippen molar-refractivity contribution in [1.29, 1.82) is 0 Å². The van der Waals surface area contributed by atoms with E-state index in [2.05, 4.69) is 4.98 Å². The third-order valence-electron chi connectivity index (χ3n) is 5.26. The molecule has 10 heteroatoms. The van der Waals surface area contributed by atoms with Crippen LogP contribution in [0.2, 0.25) is 5.02 Å². The summed E-state index contributed by atoms with van der Waals surface area (Å²) in [5.74, 6) is -1.26. The molecule has 2 fully saturated rings. The standard InChI is InChI=1S/C21H19ClN2O6S/c1-21(2)29-18-17(27-3)16(28-19(18)30-21)15(26)13-9-24-8-12(23-20(24)31-13)14(25)10-4-6-11(22)7-5-10/h4-9,16-19H,1-3H3/t16-,17+,18-,19-/m1/s1. The van der Waals surface area contributed by atoms with Gasteiger partial charge in [0.05, 0.1) is 4.88 Å². The number of imidazole rings is 1. The number of aromatic nitrogens is 2. The smallest absolute Gasteiger partial charge is 0.212 e. The van der Waals surface area contributed by atoms with Crippen LogP contribution < -0.4 is 0 Å². The second-order valence-electron chi connectivity index (χ2n) is 7.84. The van der Waals surface area contributed by atoms with Crippen molar-refractivity contribution in [2.45, 2.75) is 44.2 Å². The fourth-order valence-electron chi connectivity index (χ4n) is 3.86. The fraction of sp³-hybridized carbons (Fsp3) is 0.381. The SMILES string of the molecule is CO[C@@H]1[C@H]2OC(C)(C)O[C@H]2O[C@@H]1C(=O)c1cn2cc(C(=O)c3ccc(Cl)cc3)nc2s1. The van der Waals surface area contributed by atoms with Crippen molar-refractivity contribution in [3.8, 4) is 0 Å². The molecule has 4 heterocycles. The van der Waals surface area contributed by atoms with Crippen LogP contribution in [0.25, 0.3) is 4.96 Å². The highest BCUT2D eigenvalue weighted by Gasteiger charge is 2.57. The number of ether oxygens (including phenoxy) is 4. The van der Waals surface area contributed by atoms with E-state index in [0.717, 1.165) is 0 Å². The predicted molar refractivity (Wildman–Crippen MR) is 112 cm³/mol. The van der Waals surface area contributed by atoms with Gasteiger partial charge in [0.2, 0.25) is 11.6 Å². The van der Waals surface area contributed by atoms with E-state index >= 15 is 0 Å². The van der Waals surface area contributed by atoms with Gasteiger partial charge in [-0.3, -0.25) is 14.0 Å². The van der Waals surface area contributed by atoms with E-state index in [4.69, 9.17) is 30.5 Å². The summed E-state index contributed by atoms with van der Waals surface area (Å²) in [6.45, 7) is 3.57. The van der Waals surface area contributed by atoms with Gasteiger partial charge < -0.3 is 18.9 Å². The highest BCUT2D eigenvalue weighted by molar-refractivity contribution is 7.18. The molecule has 0 aliphatic carbocycles. The van der Waals surface area contributed by atoms with Crippen LogP contribution in [-0.4, -0.2) is 58.4 Å². The van der Waals surface area contributed by atoms with E-state index in [1.807, 2.05) is 0 Å². The molecule has 0 N–H and O–H groups in total. The zero-order valence-corrected chi connectivity index (χ0v) is 18.5. The van der Waals surface area contributed by atoms with Crippen LogP contribution in [0, 0.1) is 0 Å². The Bertz CT molecular complexity index is 1140. The number of Topliss-reactive ketones (excluding diaryl/α,β-unsaturated/α-hetero) is 1. The first kappa shape index (κ1) is 20.7. The molecular formula is C21H19ClN2O6S. The second-order valence-corrected chi connectivity index (χ2v) is 9.28. The van der Waals surface area contributed by atoms with Crippen LogP contribution in [0.1, 0.15) is 39.6 Å². The van der Waals surface area contributed by atoms with Crippen LogP contribution >= 0.6 is 22.9 Å². The first-order chi connectivity index (χ1) is 14.8. The van der Waals surface area contributed by atoms with Crippen LogP contribution in [-0.2, 0) is 18.9 Å². The summed E-state index contributed by atoms with van der Waals surface area (Å²) in [6.07, 6.45) is 0.657. The monoisotopic (exact) mass is 462 g/mol. The molecule has 2 aromatic heterocycles. The van der Waals surface area contributed by atoms with E-state index in [1.54, 1.807) is 54.9 Å². The Labute approximate surface area is 186 Å². The first-order valence-electron chi connectivity index (χ1n) is 9.63. The number of nitrogens with zero attached hydrogens (tertiary/aromatic N) is 2. The van der Waals surface area contributed by atoms with Crippen molar-refractivity contribution in [1.82, 2.24) is 9.38 Å². The zero-order chi connectivity index (χ0) is 21.9. The number of hydrogen-bond acceptors (Lipinski definition) is 8. The average Bonchev–Trinajstić information content (AvgIpc) is 3.44. The third kappa shape index (κ3) is 3.61. The van der Waals surface area contributed by atoms with Gasteiger partial charge in [0.1, 0.15) is 17.9 Å². The highest BCUT2D eigenvalue weighted by atomic mass is 35.5. The van der Waals surface area contributed by atoms with Crippen LogP contribution in [0.15, 0.2) is 36.7 Å². The molecule has 0 saturated carbocycles. The maximum absolute atomic E-state index is 13.1. The minimum absolute atomic E-state index is 0.219. The largest absolute Gasteiger partial charge is 0.375 e. The lowest BCUT2D eigenvalue weighted by Crippen LogP contribution is -2.39. The predicted octanol–water partition coefficient (Wildman–Crippen LogP) is 3.35. The van der Waals surface area contributed by atoms with Gasteiger partial charge >= 0.3 is 0 Å². The van der Waals surface area contributed by atoms with E-state index in [0.29, 0.717) is 20.4 Å². The van der Waals surface area contributed by atoms with Gasteiger partial charge in [-0.05, 0) is 38.1 Å². The van der Waals surface area contributed by atoms with Crippen LogP contribution in [0.4, 0.5) is 0 Å². The third-order valence-corrected chi connectivity index (χ3v) is 6.52. The van der Waals surface area contributed by atoms with Crippen LogP contribution in [0.5, 0.6) is 0 Å². The van der Waals surface area contributed by atoms with Gasteiger partial charge in [0, 0.05) is 30.1 Å². The molecule has 5 rings (SSSR count). The Morgan fingerprint density at radius 2 is 1.94 bits per heavy atom. The Morgan fingerprint density at radius 1 is 1.19 bits per heavy atom. The quantitative estimate of drug-likeness (QED) is 0.537. The minimum atomic E-state index is -0.852. The molecular weight excluding hydrogens is 444 g/mol. The van der Waals surface area contributed by atoms with Crippen molar-refractivity contribution >= 4 is 39.5 Å². The normalized spacial score (nSPS) is 27.0. The lowest BCUT2D eigenvalue weighted by molar-refractivity contribution is -0.210. The summed E-state index contributed by atoms with van der Waals surface area (Å²) in [5.41, 5.74) is 0.779. The van der Waals surface area contributed by atoms with E-state index in [9.17, 15) is 9.59 Å². The molecule has 8 nitrogen and oxygen atoms in total. The van der Waals surface area contributed by atoms with Crippen LogP contribution in [0.3, 0.4) is 0 Å². The number of halogens is 1. The summed E-state index contributed by atoms with van der Waals surface area (Å²) in [4.78, 5) is 31.1. The molecule has 2 aliphatic heterocycles. The summed E-state index contributed by atoms with van der Waals surface area (Å²) >= 11 is 7.06. The van der Waals surface area contributed by atoms with E-state index in [-0.39, 0.29) is 17.3 Å². The number of fused-ring (bicyclic) bond motifs is 2. The van der Waals surface area contributed by atoms with Crippen molar-refractivity contribution in [3.05, 3.63) is 57.8 Å². The number of thiazole rings is 1. The first-order valence-corrected chi connectivity index (χ1v) is 10.8. The molecule has 4 atom stereocenters. The van der Waals surface area contributed by atoms with Crippen molar-refractivity contribution in [3.63, 3.8) is 0 Å². The Morgan fingerprint density at radius 3 is 2.61 bits per heavy atom. The number of rotatable bonds is 5. The molecule has 1 aromatic carbocycles. The Balaban J connectivity index is 1.36. The summed E-state index contributed by atoms with van der Waals surface area (Å²) in [5, 5.41) is 0.553. The van der Waals surface area contributed by atoms with Crippen molar-refractivity contribution in [2.75, 3.05) is 7.11 Å². The minimum Gasteiger partial charge on any atom is -0.375 e. The number of hydrogen-bond donors (Lipinski definition) is 0. The van der Waals surface area contributed by atoms with Gasteiger partial charge in [-0.15, -0.1) is 0 Å². The molecule has 3 aromatic rings. The molecule has 0 unspecified atom stereocenters. The molecule has 0 radical (unpaired) electrons. The zero-order valence-electron chi connectivity index (χ0n) is 16.9. The van der Waals surface area contributed by atoms with E-state index < -0.39 is 30.4 Å². The molecule has 162 valence electrons. The lowest BCUT2D eigenvalue weighted by Gasteiger charge is -2.23. The Kier molecular flexibility index (Phi) is 5.00. The molecule has 0 bridgehead atoms. The summed E-state index contributed by atoms with van der Waals surface area (Å²) < 4.78 is 24.6. The molecule has 2 aliphatic rings. The van der Waals surface area contributed by atoms with Gasteiger partial charge in [-0.2, -0.15) is 0 Å². The maximum Gasteiger partial charge on any atom is 0.212 e. The van der Waals surface area contributed by atoms with Gasteiger partial charge in [0.15, 0.2) is 23.1 Å². The number of carbonyl (C=O) groups is 2. The number of carbonyl (C=O) groups excluding carboxylic acids is 2. The maximum atomic E-state index is 13.1. The fourth-order valence-corrected chi connectivity index (χ4v) is 4.92.